The first kappa shape index (κ1) is 18.3. The van der Waals surface area contributed by atoms with E-state index in [2.05, 4.69) is 0 Å². The van der Waals surface area contributed by atoms with Gasteiger partial charge in [0.1, 0.15) is 0 Å². The molecule has 1 aliphatic carbocycles. The Bertz CT molecular complexity index is 861. The molecular formula is C20H21N3O5. The standard InChI is InChI=1S/C20H21N3O5/c1-12-6-2-5-9-15(12)23-19(27)18(26)22(20(23)28)11-10-21-16(24)13-7-3-4-8-14(13)17(21)25/h3-4,7-8,12,15H,2,5-6,9-11H2,1H3/t12-,15+/m1/s1. The summed E-state index contributed by atoms with van der Waals surface area (Å²) in [6, 6.07) is 5.55. The maximum absolute atomic E-state index is 12.8. The van der Waals surface area contributed by atoms with E-state index in [1.54, 1.807) is 24.3 Å². The Morgan fingerprint density at radius 2 is 1.36 bits per heavy atom. The van der Waals surface area contributed by atoms with Crippen molar-refractivity contribution in [3.8, 4) is 0 Å². The third kappa shape index (κ3) is 2.71. The first-order chi connectivity index (χ1) is 13.4. The van der Waals surface area contributed by atoms with Crippen LogP contribution in [0.3, 0.4) is 0 Å². The van der Waals surface area contributed by atoms with Crippen LogP contribution < -0.4 is 0 Å². The number of hydrogen-bond donors (Lipinski definition) is 0. The molecule has 146 valence electrons. The zero-order valence-electron chi connectivity index (χ0n) is 15.6. The molecule has 6 amide bonds. The lowest BCUT2D eigenvalue weighted by atomic mass is 9.85. The average Bonchev–Trinajstić information content (AvgIpc) is 3.06. The van der Waals surface area contributed by atoms with Crippen LogP contribution >= 0.6 is 0 Å². The second kappa shape index (κ2) is 6.85. The van der Waals surface area contributed by atoms with E-state index in [1.165, 1.54) is 0 Å². The predicted molar refractivity (Wildman–Crippen MR) is 97.2 cm³/mol. The summed E-state index contributed by atoms with van der Waals surface area (Å²) in [4.78, 5) is 65.4. The number of rotatable bonds is 4. The summed E-state index contributed by atoms with van der Waals surface area (Å²) < 4.78 is 0. The van der Waals surface area contributed by atoms with Crippen LogP contribution in [0.2, 0.25) is 0 Å². The Kier molecular flexibility index (Phi) is 4.49. The molecule has 0 aromatic heterocycles. The molecule has 2 heterocycles. The summed E-state index contributed by atoms with van der Waals surface area (Å²) in [7, 11) is 0. The minimum absolute atomic E-state index is 0.134. The zero-order valence-corrected chi connectivity index (χ0v) is 15.6. The minimum Gasteiger partial charge on any atom is -0.273 e. The number of benzene rings is 1. The van der Waals surface area contributed by atoms with Crippen LogP contribution in [0.15, 0.2) is 24.3 Å². The number of imide groups is 3. The Morgan fingerprint density at radius 1 is 0.786 bits per heavy atom. The van der Waals surface area contributed by atoms with Gasteiger partial charge in [-0.15, -0.1) is 0 Å². The highest BCUT2D eigenvalue weighted by atomic mass is 16.2. The Balaban J connectivity index is 1.48. The molecule has 2 aliphatic heterocycles. The van der Waals surface area contributed by atoms with E-state index in [0.29, 0.717) is 17.5 Å². The molecule has 1 aromatic carbocycles. The van der Waals surface area contributed by atoms with Gasteiger partial charge >= 0.3 is 17.8 Å². The third-order valence-electron chi connectivity index (χ3n) is 5.91. The number of amides is 6. The van der Waals surface area contributed by atoms with Gasteiger partial charge in [0, 0.05) is 19.1 Å². The maximum Gasteiger partial charge on any atom is 0.334 e. The van der Waals surface area contributed by atoms with Gasteiger partial charge in [-0.1, -0.05) is 31.9 Å². The Hall–Kier alpha value is -3.03. The van der Waals surface area contributed by atoms with Gasteiger partial charge in [-0.3, -0.25) is 33.9 Å². The van der Waals surface area contributed by atoms with Gasteiger partial charge < -0.3 is 0 Å². The molecule has 8 nitrogen and oxygen atoms in total. The van der Waals surface area contributed by atoms with Crippen molar-refractivity contribution in [1.29, 1.82) is 0 Å². The molecule has 0 radical (unpaired) electrons. The molecule has 1 saturated carbocycles. The van der Waals surface area contributed by atoms with Crippen molar-refractivity contribution in [3.63, 3.8) is 0 Å². The first-order valence-electron chi connectivity index (χ1n) is 9.56. The smallest absolute Gasteiger partial charge is 0.273 e. The molecule has 1 aromatic rings. The van der Waals surface area contributed by atoms with Crippen molar-refractivity contribution >= 4 is 29.7 Å². The van der Waals surface area contributed by atoms with E-state index < -0.39 is 29.7 Å². The van der Waals surface area contributed by atoms with Gasteiger partial charge in [0.25, 0.3) is 11.8 Å². The van der Waals surface area contributed by atoms with Gasteiger partial charge in [-0.2, -0.15) is 0 Å². The molecule has 0 spiro atoms. The van der Waals surface area contributed by atoms with Crippen LogP contribution in [0, 0.1) is 5.92 Å². The summed E-state index contributed by atoms with van der Waals surface area (Å²) >= 11 is 0. The lowest BCUT2D eigenvalue weighted by molar-refractivity contribution is -0.144. The van der Waals surface area contributed by atoms with E-state index in [-0.39, 0.29) is 25.0 Å². The fourth-order valence-electron chi connectivity index (χ4n) is 4.33. The van der Waals surface area contributed by atoms with Gasteiger partial charge in [-0.25, -0.2) is 4.79 Å². The molecule has 1 saturated heterocycles. The van der Waals surface area contributed by atoms with Crippen LogP contribution in [-0.2, 0) is 9.59 Å². The second-order valence-electron chi connectivity index (χ2n) is 7.55. The fourth-order valence-corrected chi connectivity index (χ4v) is 4.33. The summed E-state index contributed by atoms with van der Waals surface area (Å²) in [5.74, 6) is -2.47. The van der Waals surface area contributed by atoms with Crippen LogP contribution in [0.1, 0.15) is 53.3 Å². The number of nitrogens with zero attached hydrogens (tertiary/aromatic N) is 3. The monoisotopic (exact) mass is 383 g/mol. The SMILES string of the molecule is C[C@@H]1CCCC[C@@H]1N1C(=O)C(=O)N(CCN2C(=O)c3ccccc3C2=O)C1=O. The maximum atomic E-state index is 12.8. The Morgan fingerprint density at radius 3 is 1.96 bits per heavy atom. The zero-order chi connectivity index (χ0) is 20.0. The van der Waals surface area contributed by atoms with Crippen molar-refractivity contribution in [3.05, 3.63) is 35.4 Å². The van der Waals surface area contributed by atoms with Crippen LogP contribution in [-0.4, -0.2) is 63.5 Å². The molecule has 28 heavy (non-hydrogen) atoms. The average molecular weight is 383 g/mol. The topological polar surface area (TPSA) is 95.1 Å². The summed E-state index contributed by atoms with van der Waals surface area (Å²) in [5.41, 5.74) is 0.612. The molecule has 0 unspecified atom stereocenters. The van der Waals surface area contributed by atoms with E-state index in [1.807, 2.05) is 6.92 Å². The summed E-state index contributed by atoms with van der Waals surface area (Å²) in [6.07, 6.45) is 3.56. The summed E-state index contributed by atoms with van der Waals surface area (Å²) in [5, 5.41) is 0. The van der Waals surface area contributed by atoms with Crippen molar-refractivity contribution in [2.24, 2.45) is 5.92 Å². The van der Waals surface area contributed by atoms with Crippen molar-refractivity contribution in [2.45, 2.75) is 38.6 Å². The normalized spacial score (nSPS) is 25.2. The quantitative estimate of drug-likeness (QED) is 0.448. The largest absolute Gasteiger partial charge is 0.334 e. The highest BCUT2D eigenvalue weighted by Gasteiger charge is 2.49. The number of hydrogen-bond acceptors (Lipinski definition) is 5. The molecular weight excluding hydrogens is 362 g/mol. The van der Waals surface area contributed by atoms with Crippen LogP contribution in [0.4, 0.5) is 4.79 Å². The molecule has 2 fully saturated rings. The van der Waals surface area contributed by atoms with E-state index >= 15 is 0 Å². The molecule has 8 heteroatoms. The van der Waals surface area contributed by atoms with Gasteiger partial charge in [0.05, 0.1) is 11.1 Å². The molecule has 4 rings (SSSR count). The van der Waals surface area contributed by atoms with Crippen molar-refractivity contribution in [1.82, 2.24) is 14.7 Å². The number of carbonyl (C=O) groups excluding carboxylic acids is 5. The lowest BCUT2D eigenvalue weighted by Gasteiger charge is -2.34. The van der Waals surface area contributed by atoms with E-state index in [9.17, 15) is 24.0 Å². The first-order valence-corrected chi connectivity index (χ1v) is 9.56. The van der Waals surface area contributed by atoms with Crippen LogP contribution in [0.25, 0.3) is 0 Å². The number of carbonyl (C=O) groups is 5. The van der Waals surface area contributed by atoms with Gasteiger partial charge in [0.15, 0.2) is 0 Å². The van der Waals surface area contributed by atoms with Crippen molar-refractivity contribution in [2.75, 3.05) is 13.1 Å². The Labute approximate surface area is 162 Å². The third-order valence-corrected chi connectivity index (χ3v) is 5.91. The highest BCUT2D eigenvalue weighted by Crippen LogP contribution is 2.31. The molecule has 2 atom stereocenters. The molecule has 0 bridgehead atoms. The second-order valence-corrected chi connectivity index (χ2v) is 7.55. The minimum atomic E-state index is -0.889. The fraction of sp³-hybridized carbons (Fsp3) is 0.450. The highest BCUT2D eigenvalue weighted by molar-refractivity contribution is 6.44. The van der Waals surface area contributed by atoms with E-state index in [4.69, 9.17) is 0 Å². The molecule has 0 N–H and O–H groups in total. The lowest BCUT2D eigenvalue weighted by Crippen LogP contribution is -2.46. The number of urea groups is 1. The number of fused-ring (bicyclic) bond motifs is 1. The van der Waals surface area contributed by atoms with Gasteiger partial charge in [0.2, 0.25) is 0 Å². The van der Waals surface area contributed by atoms with Gasteiger partial charge in [-0.05, 0) is 30.9 Å². The molecule has 3 aliphatic rings. The van der Waals surface area contributed by atoms with Crippen LogP contribution in [0.5, 0.6) is 0 Å². The predicted octanol–water partition coefficient (Wildman–Crippen LogP) is 1.65. The van der Waals surface area contributed by atoms with E-state index in [0.717, 1.165) is 34.0 Å². The summed E-state index contributed by atoms with van der Waals surface area (Å²) in [6.45, 7) is 1.66. The van der Waals surface area contributed by atoms with Crippen molar-refractivity contribution < 1.29 is 24.0 Å².